The van der Waals surface area contributed by atoms with E-state index >= 15 is 0 Å². The molecule has 0 radical (unpaired) electrons. The first-order valence-electron chi connectivity index (χ1n) is 6.81. The number of carbonyl (C=O) groups excluding carboxylic acids is 1. The maximum Gasteiger partial charge on any atom is 0.251 e. The van der Waals surface area contributed by atoms with Gasteiger partial charge < -0.3 is 10.4 Å². The average molecular weight is 247 g/mol. The summed E-state index contributed by atoms with van der Waals surface area (Å²) in [5.74, 6) is -0.00737. The minimum Gasteiger partial charge on any atom is -0.388 e. The van der Waals surface area contributed by atoms with Crippen molar-refractivity contribution in [2.45, 2.75) is 45.1 Å². The van der Waals surface area contributed by atoms with Crippen LogP contribution in [0.5, 0.6) is 0 Å². The Morgan fingerprint density at radius 3 is 3.06 bits per heavy atom. The van der Waals surface area contributed by atoms with E-state index in [4.69, 9.17) is 0 Å². The number of nitrogens with one attached hydrogen (secondary N) is 1. The Hall–Kier alpha value is -1.35. The van der Waals surface area contributed by atoms with Gasteiger partial charge in [0.15, 0.2) is 0 Å². The minimum absolute atomic E-state index is 0.00737. The molecule has 0 saturated heterocycles. The van der Waals surface area contributed by atoms with E-state index in [1.165, 1.54) is 0 Å². The van der Waals surface area contributed by atoms with Crippen molar-refractivity contribution in [2.24, 2.45) is 0 Å². The van der Waals surface area contributed by atoms with Gasteiger partial charge in [-0.1, -0.05) is 31.9 Å². The molecule has 0 fully saturated rings. The van der Waals surface area contributed by atoms with Crippen LogP contribution in [-0.4, -0.2) is 17.6 Å². The fraction of sp³-hybridized carbons (Fsp3) is 0.533. The lowest BCUT2D eigenvalue weighted by Crippen LogP contribution is -2.22. The summed E-state index contributed by atoms with van der Waals surface area (Å²) in [6, 6.07) is 5.80. The van der Waals surface area contributed by atoms with E-state index < -0.39 is 6.10 Å². The summed E-state index contributed by atoms with van der Waals surface area (Å²) in [6.07, 6.45) is 4.30. The molecule has 18 heavy (non-hydrogen) atoms. The fourth-order valence-corrected chi connectivity index (χ4v) is 2.37. The molecule has 1 aromatic carbocycles. The van der Waals surface area contributed by atoms with E-state index in [0.717, 1.165) is 55.3 Å². The number of aliphatic hydroxyl groups is 1. The molecule has 1 amide bonds. The van der Waals surface area contributed by atoms with Crippen molar-refractivity contribution < 1.29 is 9.90 Å². The molecule has 0 aromatic heterocycles. The standard InChI is InChI=1S/C15H21NO2/c1-2-3-6-14(17)12-8-7-11-5-4-9-16-15(18)13(11)10-12/h7-8,10,14,17H,2-6,9H2,1H3,(H,16,18). The largest absolute Gasteiger partial charge is 0.388 e. The Morgan fingerprint density at radius 1 is 1.44 bits per heavy atom. The van der Waals surface area contributed by atoms with Crippen molar-refractivity contribution in [3.8, 4) is 0 Å². The van der Waals surface area contributed by atoms with Gasteiger partial charge in [-0.3, -0.25) is 4.79 Å². The lowest BCUT2D eigenvalue weighted by atomic mass is 9.96. The summed E-state index contributed by atoms with van der Waals surface area (Å²) >= 11 is 0. The molecule has 0 bridgehead atoms. The topological polar surface area (TPSA) is 49.3 Å². The van der Waals surface area contributed by atoms with Crippen molar-refractivity contribution in [3.05, 3.63) is 34.9 Å². The van der Waals surface area contributed by atoms with E-state index in [2.05, 4.69) is 12.2 Å². The number of carbonyl (C=O) groups is 1. The Balaban J connectivity index is 2.22. The van der Waals surface area contributed by atoms with E-state index in [-0.39, 0.29) is 5.91 Å². The normalized spacial score (nSPS) is 16.7. The zero-order chi connectivity index (χ0) is 13.0. The number of aryl methyl sites for hydroxylation is 1. The molecule has 3 nitrogen and oxygen atoms in total. The third kappa shape index (κ3) is 2.91. The number of benzene rings is 1. The van der Waals surface area contributed by atoms with Crippen LogP contribution in [0.4, 0.5) is 0 Å². The van der Waals surface area contributed by atoms with Crippen LogP contribution in [0.3, 0.4) is 0 Å². The molecule has 2 rings (SSSR count). The van der Waals surface area contributed by atoms with Gasteiger partial charge in [0, 0.05) is 12.1 Å². The second kappa shape index (κ2) is 6.01. The predicted octanol–water partition coefficient (Wildman–Crippen LogP) is 2.59. The number of rotatable bonds is 4. The van der Waals surface area contributed by atoms with E-state index in [9.17, 15) is 9.90 Å². The van der Waals surface area contributed by atoms with E-state index in [1.807, 2.05) is 18.2 Å². The summed E-state index contributed by atoms with van der Waals surface area (Å²) in [7, 11) is 0. The third-order valence-corrected chi connectivity index (χ3v) is 3.50. The number of aliphatic hydroxyl groups excluding tert-OH is 1. The first-order valence-corrected chi connectivity index (χ1v) is 6.81. The molecule has 1 aliphatic rings. The molecule has 0 saturated carbocycles. The Bertz CT molecular complexity index is 429. The van der Waals surface area contributed by atoms with Crippen LogP contribution in [0.25, 0.3) is 0 Å². The molecule has 0 aliphatic carbocycles. The summed E-state index contributed by atoms with van der Waals surface area (Å²) in [5, 5.41) is 13.0. The zero-order valence-corrected chi connectivity index (χ0v) is 10.9. The summed E-state index contributed by atoms with van der Waals surface area (Å²) in [4.78, 5) is 11.9. The molecule has 1 heterocycles. The third-order valence-electron chi connectivity index (χ3n) is 3.50. The Kier molecular flexibility index (Phi) is 4.37. The van der Waals surface area contributed by atoms with Crippen molar-refractivity contribution >= 4 is 5.91 Å². The lowest BCUT2D eigenvalue weighted by Gasteiger charge is -2.13. The summed E-state index contributed by atoms with van der Waals surface area (Å²) in [5.41, 5.74) is 2.69. The van der Waals surface area contributed by atoms with Gasteiger partial charge >= 0.3 is 0 Å². The van der Waals surface area contributed by atoms with Crippen LogP contribution >= 0.6 is 0 Å². The van der Waals surface area contributed by atoms with E-state index in [0.29, 0.717) is 0 Å². The summed E-state index contributed by atoms with van der Waals surface area (Å²) < 4.78 is 0. The van der Waals surface area contributed by atoms with Crippen LogP contribution in [0, 0.1) is 0 Å². The van der Waals surface area contributed by atoms with Gasteiger partial charge in [-0.2, -0.15) is 0 Å². The van der Waals surface area contributed by atoms with Crippen LogP contribution in [-0.2, 0) is 6.42 Å². The minimum atomic E-state index is -0.452. The van der Waals surface area contributed by atoms with Gasteiger partial charge in [0.1, 0.15) is 0 Å². The van der Waals surface area contributed by atoms with Gasteiger partial charge in [-0.05, 0) is 36.5 Å². The highest BCUT2D eigenvalue weighted by Gasteiger charge is 2.17. The quantitative estimate of drug-likeness (QED) is 0.859. The predicted molar refractivity (Wildman–Crippen MR) is 71.6 cm³/mol. The zero-order valence-electron chi connectivity index (χ0n) is 10.9. The molecular weight excluding hydrogens is 226 g/mol. The first-order chi connectivity index (χ1) is 8.72. The Labute approximate surface area is 108 Å². The van der Waals surface area contributed by atoms with Crippen LogP contribution in [0.1, 0.15) is 60.2 Å². The highest BCUT2D eigenvalue weighted by Crippen LogP contribution is 2.23. The smallest absolute Gasteiger partial charge is 0.251 e. The molecule has 98 valence electrons. The van der Waals surface area contributed by atoms with Gasteiger partial charge in [-0.25, -0.2) is 0 Å². The molecule has 3 heteroatoms. The molecule has 1 unspecified atom stereocenters. The lowest BCUT2D eigenvalue weighted by molar-refractivity contribution is 0.0955. The molecule has 1 atom stereocenters. The molecule has 0 spiro atoms. The highest BCUT2D eigenvalue weighted by molar-refractivity contribution is 5.96. The number of hydrogen-bond acceptors (Lipinski definition) is 2. The SMILES string of the molecule is CCCCC(O)c1ccc2c(c1)C(=O)NCCC2. The number of fused-ring (bicyclic) bond motifs is 1. The first kappa shape index (κ1) is 13.1. The number of hydrogen-bond donors (Lipinski definition) is 2. The van der Waals surface area contributed by atoms with Crippen molar-refractivity contribution in [3.63, 3.8) is 0 Å². The molecule has 1 aliphatic heterocycles. The molecule has 2 N–H and O–H groups in total. The Morgan fingerprint density at radius 2 is 2.28 bits per heavy atom. The molecule has 1 aromatic rings. The fourth-order valence-electron chi connectivity index (χ4n) is 2.37. The maximum absolute atomic E-state index is 11.9. The van der Waals surface area contributed by atoms with Crippen molar-refractivity contribution in [2.75, 3.05) is 6.54 Å². The second-order valence-electron chi connectivity index (χ2n) is 4.93. The second-order valence-corrected chi connectivity index (χ2v) is 4.93. The molecular formula is C15H21NO2. The van der Waals surface area contributed by atoms with Gasteiger partial charge in [0.05, 0.1) is 6.10 Å². The van der Waals surface area contributed by atoms with Crippen LogP contribution in [0.2, 0.25) is 0 Å². The number of unbranched alkanes of at least 4 members (excludes halogenated alkanes) is 1. The van der Waals surface area contributed by atoms with Crippen molar-refractivity contribution in [1.29, 1.82) is 0 Å². The van der Waals surface area contributed by atoms with E-state index in [1.54, 1.807) is 0 Å². The van der Waals surface area contributed by atoms with Gasteiger partial charge in [0.2, 0.25) is 0 Å². The maximum atomic E-state index is 11.9. The van der Waals surface area contributed by atoms with Gasteiger partial charge in [0.25, 0.3) is 5.91 Å². The van der Waals surface area contributed by atoms with Crippen LogP contribution < -0.4 is 5.32 Å². The van der Waals surface area contributed by atoms with Gasteiger partial charge in [-0.15, -0.1) is 0 Å². The monoisotopic (exact) mass is 247 g/mol. The summed E-state index contributed by atoms with van der Waals surface area (Å²) in [6.45, 7) is 2.85. The van der Waals surface area contributed by atoms with Crippen molar-refractivity contribution in [1.82, 2.24) is 5.32 Å². The average Bonchev–Trinajstić information content (AvgIpc) is 2.58. The van der Waals surface area contributed by atoms with Crippen LogP contribution in [0.15, 0.2) is 18.2 Å². The highest BCUT2D eigenvalue weighted by atomic mass is 16.3. The number of amides is 1.